The maximum atomic E-state index is 4.71. The first-order valence-electron chi connectivity index (χ1n) is 7.21. The lowest BCUT2D eigenvalue weighted by Crippen LogP contribution is -2.30. The summed E-state index contributed by atoms with van der Waals surface area (Å²) in [5.74, 6) is 1.79. The Morgan fingerprint density at radius 2 is 1.75 bits per heavy atom. The Labute approximate surface area is 120 Å². The Balaban J connectivity index is 1.83. The van der Waals surface area contributed by atoms with Gasteiger partial charge in [-0.2, -0.15) is 4.98 Å². The summed E-state index contributed by atoms with van der Waals surface area (Å²) in [5.41, 5.74) is 1.10. The van der Waals surface area contributed by atoms with E-state index in [2.05, 4.69) is 22.0 Å². The average molecular weight is 268 g/mol. The van der Waals surface area contributed by atoms with Gasteiger partial charge in [-0.3, -0.25) is 0 Å². The lowest BCUT2D eigenvalue weighted by Gasteiger charge is -2.28. The molecule has 1 aliphatic rings. The first-order valence-corrected chi connectivity index (χ1v) is 7.21. The van der Waals surface area contributed by atoms with Gasteiger partial charge in [0.15, 0.2) is 0 Å². The molecule has 0 spiro atoms. The zero-order chi connectivity index (χ0) is 13.8. The highest BCUT2D eigenvalue weighted by Crippen LogP contribution is 2.23. The summed E-state index contributed by atoms with van der Waals surface area (Å²) < 4.78 is 0. The molecule has 2 heterocycles. The van der Waals surface area contributed by atoms with E-state index in [4.69, 9.17) is 4.98 Å². The van der Waals surface area contributed by atoms with Crippen LogP contribution in [0.2, 0.25) is 0 Å². The Morgan fingerprint density at radius 3 is 2.50 bits per heavy atom. The molecule has 1 aromatic carbocycles. The molecule has 104 valence electrons. The Hall–Kier alpha value is -2.10. The highest BCUT2D eigenvalue weighted by atomic mass is 15.3. The number of para-hydroxylation sites is 1. The van der Waals surface area contributed by atoms with Crippen molar-refractivity contribution in [1.29, 1.82) is 0 Å². The monoisotopic (exact) mass is 268 g/mol. The fraction of sp³-hybridized carbons (Fsp3) is 0.375. The molecule has 1 fully saturated rings. The highest BCUT2D eigenvalue weighted by Gasteiger charge is 2.14. The largest absolute Gasteiger partial charge is 0.356 e. The van der Waals surface area contributed by atoms with Crippen LogP contribution < -0.4 is 9.80 Å². The zero-order valence-electron chi connectivity index (χ0n) is 11.9. The second-order valence-corrected chi connectivity index (χ2v) is 5.16. The molecule has 4 heteroatoms. The second-order valence-electron chi connectivity index (χ2n) is 5.16. The topological polar surface area (TPSA) is 32.3 Å². The summed E-state index contributed by atoms with van der Waals surface area (Å²) in [5, 5.41) is 0. The molecular formula is C16H20N4. The SMILES string of the molecule is CN(c1ccccc1)c1nccc(N2CCCCC2)n1. The van der Waals surface area contributed by atoms with Crippen molar-refractivity contribution >= 4 is 17.5 Å². The number of hydrogen-bond donors (Lipinski definition) is 0. The van der Waals surface area contributed by atoms with Gasteiger partial charge in [-0.25, -0.2) is 4.98 Å². The van der Waals surface area contributed by atoms with Crippen molar-refractivity contribution in [3.8, 4) is 0 Å². The van der Waals surface area contributed by atoms with Crippen LogP contribution in [0.25, 0.3) is 0 Å². The summed E-state index contributed by atoms with van der Waals surface area (Å²) in [4.78, 5) is 13.5. The van der Waals surface area contributed by atoms with Crippen molar-refractivity contribution in [2.24, 2.45) is 0 Å². The lowest BCUT2D eigenvalue weighted by molar-refractivity contribution is 0.573. The van der Waals surface area contributed by atoms with Crippen LogP contribution in [0.1, 0.15) is 19.3 Å². The first-order chi connectivity index (χ1) is 9.84. The van der Waals surface area contributed by atoms with E-state index in [0.717, 1.165) is 30.5 Å². The van der Waals surface area contributed by atoms with Gasteiger partial charge in [0.1, 0.15) is 5.82 Å². The normalized spacial score (nSPS) is 15.2. The third-order valence-corrected chi connectivity index (χ3v) is 3.75. The van der Waals surface area contributed by atoms with Gasteiger partial charge in [-0.1, -0.05) is 18.2 Å². The Bertz CT molecular complexity index is 549. The molecule has 1 aromatic heterocycles. The first kappa shape index (κ1) is 12.9. The molecule has 0 N–H and O–H groups in total. The van der Waals surface area contributed by atoms with Crippen LogP contribution in [0.5, 0.6) is 0 Å². The van der Waals surface area contributed by atoms with Crippen molar-refractivity contribution in [3.05, 3.63) is 42.6 Å². The van der Waals surface area contributed by atoms with Gasteiger partial charge in [0, 0.05) is 32.0 Å². The molecule has 0 bridgehead atoms. The van der Waals surface area contributed by atoms with Crippen LogP contribution in [0, 0.1) is 0 Å². The van der Waals surface area contributed by atoms with E-state index in [0.29, 0.717) is 0 Å². The maximum absolute atomic E-state index is 4.71. The zero-order valence-corrected chi connectivity index (χ0v) is 11.9. The standard InChI is InChI=1S/C16H20N4/c1-19(14-8-4-2-5-9-14)16-17-11-10-15(18-16)20-12-6-3-7-13-20/h2,4-5,8-11H,3,6-7,12-13H2,1H3. The maximum Gasteiger partial charge on any atom is 0.231 e. The van der Waals surface area contributed by atoms with Gasteiger partial charge in [0.2, 0.25) is 5.95 Å². The summed E-state index contributed by atoms with van der Waals surface area (Å²) in [6, 6.07) is 12.2. The number of nitrogens with zero attached hydrogens (tertiary/aromatic N) is 4. The molecule has 1 aliphatic heterocycles. The number of aromatic nitrogens is 2. The Morgan fingerprint density at radius 1 is 1.00 bits per heavy atom. The third-order valence-electron chi connectivity index (χ3n) is 3.75. The quantitative estimate of drug-likeness (QED) is 0.855. The number of hydrogen-bond acceptors (Lipinski definition) is 4. The molecule has 2 aromatic rings. The molecule has 4 nitrogen and oxygen atoms in total. The van der Waals surface area contributed by atoms with Crippen LogP contribution in [-0.2, 0) is 0 Å². The lowest BCUT2D eigenvalue weighted by atomic mass is 10.1. The fourth-order valence-electron chi connectivity index (χ4n) is 2.57. The van der Waals surface area contributed by atoms with Crippen molar-refractivity contribution in [1.82, 2.24) is 9.97 Å². The minimum Gasteiger partial charge on any atom is -0.356 e. The predicted molar refractivity (Wildman–Crippen MR) is 82.6 cm³/mol. The van der Waals surface area contributed by atoms with Crippen LogP contribution in [0.15, 0.2) is 42.6 Å². The van der Waals surface area contributed by atoms with Crippen LogP contribution in [0.4, 0.5) is 17.5 Å². The van der Waals surface area contributed by atoms with Gasteiger partial charge in [-0.05, 0) is 37.5 Å². The molecule has 20 heavy (non-hydrogen) atoms. The molecule has 0 saturated carbocycles. The fourth-order valence-corrected chi connectivity index (χ4v) is 2.57. The summed E-state index contributed by atoms with van der Waals surface area (Å²) in [7, 11) is 2.00. The smallest absolute Gasteiger partial charge is 0.231 e. The number of anilines is 3. The van der Waals surface area contributed by atoms with Crippen LogP contribution in [-0.4, -0.2) is 30.1 Å². The molecule has 3 rings (SSSR count). The minimum absolute atomic E-state index is 0.749. The van der Waals surface area contributed by atoms with Crippen molar-refractivity contribution in [3.63, 3.8) is 0 Å². The number of benzene rings is 1. The van der Waals surface area contributed by atoms with E-state index < -0.39 is 0 Å². The van der Waals surface area contributed by atoms with E-state index in [1.54, 1.807) is 0 Å². The van der Waals surface area contributed by atoms with Gasteiger partial charge in [-0.15, -0.1) is 0 Å². The summed E-state index contributed by atoms with van der Waals surface area (Å²) >= 11 is 0. The number of piperidine rings is 1. The molecule has 0 unspecified atom stereocenters. The highest BCUT2D eigenvalue weighted by molar-refractivity contribution is 5.57. The van der Waals surface area contributed by atoms with Crippen LogP contribution in [0.3, 0.4) is 0 Å². The van der Waals surface area contributed by atoms with E-state index >= 15 is 0 Å². The van der Waals surface area contributed by atoms with Crippen LogP contribution >= 0.6 is 0 Å². The Kier molecular flexibility index (Phi) is 3.81. The molecule has 0 amide bonds. The van der Waals surface area contributed by atoms with Crippen molar-refractivity contribution in [2.75, 3.05) is 29.9 Å². The number of rotatable bonds is 3. The molecular weight excluding hydrogens is 248 g/mol. The van der Waals surface area contributed by atoms with E-state index in [1.165, 1.54) is 19.3 Å². The predicted octanol–water partition coefficient (Wildman–Crippen LogP) is 3.23. The third kappa shape index (κ3) is 2.74. The van der Waals surface area contributed by atoms with E-state index in [9.17, 15) is 0 Å². The molecule has 0 aliphatic carbocycles. The van der Waals surface area contributed by atoms with Gasteiger partial charge < -0.3 is 9.80 Å². The van der Waals surface area contributed by atoms with Gasteiger partial charge in [0.25, 0.3) is 0 Å². The van der Waals surface area contributed by atoms with Gasteiger partial charge in [0.05, 0.1) is 0 Å². The van der Waals surface area contributed by atoms with Gasteiger partial charge >= 0.3 is 0 Å². The minimum atomic E-state index is 0.749. The van der Waals surface area contributed by atoms with E-state index in [-0.39, 0.29) is 0 Å². The summed E-state index contributed by atoms with van der Waals surface area (Å²) in [6.07, 6.45) is 5.70. The van der Waals surface area contributed by atoms with Crippen molar-refractivity contribution < 1.29 is 0 Å². The second kappa shape index (κ2) is 5.90. The summed E-state index contributed by atoms with van der Waals surface area (Å²) in [6.45, 7) is 2.21. The molecule has 0 atom stereocenters. The van der Waals surface area contributed by atoms with Crippen molar-refractivity contribution in [2.45, 2.75) is 19.3 Å². The van der Waals surface area contributed by atoms with E-state index in [1.807, 2.05) is 42.4 Å². The average Bonchev–Trinajstić information content (AvgIpc) is 2.56. The molecule has 0 radical (unpaired) electrons. The molecule has 1 saturated heterocycles.